The van der Waals surface area contributed by atoms with E-state index in [1.807, 2.05) is 6.92 Å². The van der Waals surface area contributed by atoms with E-state index < -0.39 is 20.0 Å². The minimum atomic E-state index is -3.65. The first-order valence-corrected chi connectivity index (χ1v) is 10.0. The molecule has 1 saturated heterocycles. The van der Waals surface area contributed by atoms with Gasteiger partial charge in [0.1, 0.15) is 0 Å². The summed E-state index contributed by atoms with van der Waals surface area (Å²) in [7, 11) is -5.91. The molecule has 22 heavy (non-hydrogen) atoms. The summed E-state index contributed by atoms with van der Waals surface area (Å²) in [4.78, 5) is 0.0955. The summed E-state index contributed by atoms with van der Waals surface area (Å²) in [5, 5.41) is 3.26. The minimum Gasteiger partial charge on any atom is -0.314 e. The fraction of sp³-hybridized carbons (Fsp3) is 0.538. The summed E-state index contributed by atoms with van der Waals surface area (Å²) < 4.78 is 52.8. The Balaban J connectivity index is 2.16. The average Bonchev–Trinajstić information content (AvgIpc) is 2.47. The molecule has 0 amide bonds. The van der Waals surface area contributed by atoms with Crippen LogP contribution in [0.3, 0.4) is 0 Å². The first-order valence-electron chi connectivity index (χ1n) is 7.04. The van der Waals surface area contributed by atoms with Crippen molar-refractivity contribution < 1.29 is 16.8 Å². The topological polar surface area (TPSA) is 104 Å². The first kappa shape index (κ1) is 17.4. The fourth-order valence-corrected chi connectivity index (χ4v) is 4.46. The van der Waals surface area contributed by atoms with E-state index in [0.717, 1.165) is 19.4 Å². The Labute approximate surface area is 131 Å². The molecule has 7 nitrogen and oxygen atoms in total. The van der Waals surface area contributed by atoms with Crippen LogP contribution in [0.1, 0.15) is 19.8 Å². The molecule has 0 radical (unpaired) electrons. The van der Waals surface area contributed by atoms with Crippen LogP contribution < -0.4 is 14.8 Å². The van der Waals surface area contributed by atoms with E-state index in [9.17, 15) is 16.8 Å². The van der Waals surface area contributed by atoms with Crippen molar-refractivity contribution in [3.63, 3.8) is 0 Å². The van der Waals surface area contributed by atoms with Gasteiger partial charge >= 0.3 is 0 Å². The predicted octanol–water partition coefficient (Wildman–Crippen LogP) is 0.0135. The normalized spacial score (nSPS) is 23.4. The zero-order chi connectivity index (χ0) is 16.4. The van der Waals surface area contributed by atoms with Gasteiger partial charge in [-0.3, -0.25) is 0 Å². The Morgan fingerprint density at radius 3 is 2.09 bits per heavy atom. The highest BCUT2D eigenvalue weighted by molar-refractivity contribution is 7.90. The van der Waals surface area contributed by atoms with Crippen LogP contribution in [-0.2, 0) is 20.0 Å². The number of hydrogen-bond donors (Lipinski definition) is 3. The van der Waals surface area contributed by atoms with E-state index in [4.69, 9.17) is 0 Å². The molecule has 1 heterocycles. The van der Waals surface area contributed by atoms with Gasteiger partial charge in [0.2, 0.25) is 20.0 Å². The van der Waals surface area contributed by atoms with E-state index in [1.165, 1.54) is 31.3 Å². The lowest BCUT2D eigenvalue weighted by molar-refractivity contribution is 0.361. The predicted molar refractivity (Wildman–Crippen MR) is 83.5 cm³/mol. The Bertz CT molecular complexity index is 714. The van der Waals surface area contributed by atoms with Crippen molar-refractivity contribution in [2.24, 2.45) is 0 Å². The maximum Gasteiger partial charge on any atom is 0.240 e. The van der Waals surface area contributed by atoms with E-state index in [0.29, 0.717) is 0 Å². The van der Waals surface area contributed by atoms with Crippen molar-refractivity contribution in [3.05, 3.63) is 24.3 Å². The molecule has 0 bridgehead atoms. The number of rotatable bonds is 5. The number of piperidine rings is 1. The summed E-state index contributed by atoms with van der Waals surface area (Å²) >= 11 is 0. The van der Waals surface area contributed by atoms with Gasteiger partial charge in [-0.2, -0.15) is 0 Å². The molecular weight excluding hydrogens is 326 g/mol. The van der Waals surface area contributed by atoms with E-state index in [2.05, 4.69) is 14.8 Å². The Morgan fingerprint density at radius 1 is 1.05 bits per heavy atom. The largest absolute Gasteiger partial charge is 0.314 e. The van der Waals surface area contributed by atoms with Gasteiger partial charge in [0, 0.05) is 12.1 Å². The highest BCUT2D eigenvalue weighted by atomic mass is 32.2. The van der Waals surface area contributed by atoms with Gasteiger partial charge < -0.3 is 5.32 Å². The fourth-order valence-electron chi connectivity index (χ4n) is 2.44. The third-order valence-corrected chi connectivity index (χ3v) is 6.63. The van der Waals surface area contributed by atoms with Gasteiger partial charge in [0.25, 0.3) is 0 Å². The van der Waals surface area contributed by atoms with Gasteiger partial charge in [-0.15, -0.1) is 0 Å². The zero-order valence-corrected chi connectivity index (χ0v) is 14.2. The highest BCUT2D eigenvalue weighted by Crippen LogP contribution is 2.16. The van der Waals surface area contributed by atoms with E-state index in [-0.39, 0.29) is 21.9 Å². The molecule has 1 aliphatic heterocycles. The lowest BCUT2D eigenvalue weighted by Gasteiger charge is -2.28. The number of nitrogens with one attached hydrogen (secondary N) is 3. The van der Waals surface area contributed by atoms with Crippen LogP contribution in [0.2, 0.25) is 0 Å². The summed E-state index contributed by atoms with van der Waals surface area (Å²) in [6.07, 6.45) is 1.46. The molecule has 0 aromatic heterocycles. The number of benzene rings is 1. The summed E-state index contributed by atoms with van der Waals surface area (Å²) in [6.45, 7) is 2.78. The van der Waals surface area contributed by atoms with Gasteiger partial charge in [-0.05, 0) is 57.6 Å². The SMILES string of the molecule is CNS(=O)(=O)c1ccc(S(=O)(=O)NC2CCNC(C)C2)cc1. The zero-order valence-electron chi connectivity index (χ0n) is 12.5. The van der Waals surface area contributed by atoms with E-state index >= 15 is 0 Å². The van der Waals surface area contributed by atoms with Crippen molar-refractivity contribution in [3.8, 4) is 0 Å². The van der Waals surface area contributed by atoms with Gasteiger partial charge in [-0.1, -0.05) is 0 Å². The molecule has 9 heteroatoms. The van der Waals surface area contributed by atoms with Crippen molar-refractivity contribution in [1.82, 2.24) is 14.8 Å². The van der Waals surface area contributed by atoms with Gasteiger partial charge in [-0.25, -0.2) is 26.3 Å². The maximum atomic E-state index is 12.3. The summed E-state index contributed by atoms with van der Waals surface area (Å²) in [6, 6.07) is 5.33. The quantitative estimate of drug-likeness (QED) is 0.696. The number of sulfonamides is 2. The molecule has 1 aromatic rings. The minimum absolute atomic E-state index is 0.0319. The van der Waals surface area contributed by atoms with Crippen molar-refractivity contribution in [2.45, 2.75) is 41.6 Å². The molecule has 2 atom stereocenters. The van der Waals surface area contributed by atoms with Gasteiger partial charge in [0.05, 0.1) is 9.79 Å². The molecule has 1 fully saturated rings. The second-order valence-electron chi connectivity index (χ2n) is 5.38. The molecule has 0 aliphatic carbocycles. The average molecular weight is 347 g/mol. The molecule has 0 spiro atoms. The number of hydrogen-bond acceptors (Lipinski definition) is 5. The lowest BCUT2D eigenvalue weighted by Crippen LogP contribution is -2.46. The molecular formula is C13H21N3O4S2. The molecule has 2 unspecified atom stereocenters. The van der Waals surface area contributed by atoms with Crippen molar-refractivity contribution >= 4 is 20.0 Å². The van der Waals surface area contributed by atoms with Crippen LogP contribution >= 0.6 is 0 Å². The monoisotopic (exact) mass is 347 g/mol. The van der Waals surface area contributed by atoms with Gasteiger partial charge in [0.15, 0.2) is 0 Å². The van der Waals surface area contributed by atoms with Crippen LogP contribution in [0.25, 0.3) is 0 Å². The van der Waals surface area contributed by atoms with Crippen molar-refractivity contribution in [1.29, 1.82) is 0 Å². The third-order valence-electron chi connectivity index (χ3n) is 3.66. The Morgan fingerprint density at radius 2 is 1.59 bits per heavy atom. The second kappa shape index (κ2) is 6.63. The standard InChI is InChI=1S/C13H21N3O4S2/c1-10-9-11(7-8-15-10)16-22(19,20)13-5-3-12(4-6-13)21(17,18)14-2/h3-6,10-11,14-16H,7-9H2,1-2H3. The molecule has 0 saturated carbocycles. The van der Waals surface area contributed by atoms with Crippen LogP contribution in [-0.4, -0.2) is 42.5 Å². The molecule has 124 valence electrons. The second-order valence-corrected chi connectivity index (χ2v) is 8.98. The van der Waals surface area contributed by atoms with E-state index in [1.54, 1.807) is 0 Å². The lowest BCUT2D eigenvalue weighted by atomic mass is 10.0. The van der Waals surface area contributed by atoms with Crippen LogP contribution in [0.5, 0.6) is 0 Å². The van der Waals surface area contributed by atoms with Crippen LogP contribution in [0.15, 0.2) is 34.1 Å². The smallest absolute Gasteiger partial charge is 0.240 e. The summed E-state index contributed by atoms with van der Waals surface area (Å²) in [5.41, 5.74) is 0. The summed E-state index contributed by atoms with van der Waals surface area (Å²) in [5.74, 6) is 0. The first-order chi connectivity index (χ1) is 10.2. The Hall–Kier alpha value is -1.00. The molecule has 2 rings (SSSR count). The molecule has 3 N–H and O–H groups in total. The molecule has 1 aromatic carbocycles. The Kier molecular flexibility index (Phi) is 5.23. The maximum absolute atomic E-state index is 12.3. The third kappa shape index (κ3) is 4.05. The van der Waals surface area contributed by atoms with Crippen LogP contribution in [0.4, 0.5) is 0 Å². The molecule has 1 aliphatic rings. The van der Waals surface area contributed by atoms with Crippen LogP contribution in [0, 0.1) is 0 Å². The highest BCUT2D eigenvalue weighted by Gasteiger charge is 2.24. The van der Waals surface area contributed by atoms with Crippen molar-refractivity contribution in [2.75, 3.05) is 13.6 Å².